The summed E-state index contributed by atoms with van der Waals surface area (Å²) in [6.07, 6.45) is 2.80. The molecular weight excluding hydrogens is 192 g/mol. The first kappa shape index (κ1) is 10.1. The van der Waals surface area contributed by atoms with Gasteiger partial charge in [-0.15, -0.1) is 11.3 Å². The molecule has 0 aliphatic heterocycles. The van der Waals surface area contributed by atoms with E-state index < -0.39 is 0 Å². The van der Waals surface area contributed by atoms with Gasteiger partial charge in [-0.3, -0.25) is 0 Å². The topological polar surface area (TPSA) is 24.9 Å². The van der Waals surface area contributed by atoms with Gasteiger partial charge in [-0.1, -0.05) is 13.8 Å². The Balaban J connectivity index is 1.73. The van der Waals surface area contributed by atoms with Crippen molar-refractivity contribution in [3.8, 4) is 0 Å². The molecule has 78 valence electrons. The second-order valence-electron chi connectivity index (χ2n) is 4.60. The lowest BCUT2D eigenvalue weighted by Gasteiger charge is -2.19. The molecule has 1 aromatic heterocycles. The third kappa shape index (κ3) is 2.15. The van der Waals surface area contributed by atoms with Crippen molar-refractivity contribution in [3.05, 3.63) is 16.6 Å². The first-order valence-corrected chi connectivity index (χ1v) is 6.25. The summed E-state index contributed by atoms with van der Waals surface area (Å²) in [6, 6.07) is 0. The van der Waals surface area contributed by atoms with Crippen LogP contribution in [-0.4, -0.2) is 11.5 Å². The van der Waals surface area contributed by atoms with E-state index in [-0.39, 0.29) is 0 Å². The third-order valence-electron chi connectivity index (χ3n) is 3.38. The van der Waals surface area contributed by atoms with Crippen LogP contribution in [0.5, 0.6) is 0 Å². The highest BCUT2D eigenvalue weighted by atomic mass is 32.1. The first-order valence-electron chi connectivity index (χ1n) is 5.31. The van der Waals surface area contributed by atoms with Crippen molar-refractivity contribution in [3.63, 3.8) is 0 Å². The Morgan fingerprint density at radius 2 is 2.36 bits per heavy atom. The van der Waals surface area contributed by atoms with Gasteiger partial charge in [0.1, 0.15) is 0 Å². The van der Waals surface area contributed by atoms with Crippen molar-refractivity contribution in [2.24, 2.45) is 11.3 Å². The molecule has 1 aliphatic rings. The smallest absolute Gasteiger partial charge is 0.0795 e. The zero-order valence-corrected chi connectivity index (χ0v) is 9.73. The minimum atomic E-state index is 0.607. The second-order valence-corrected chi connectivity index (χ2v) is 5.32. The van der Waals surface area contributed by atoms with Crippen LogP contribution in [-0.2, 0) is 6.54 Å². The lowest BCUT2D eigenvalue weighted by atomic mass is 9.92. The van der Waals surface area contributed by atoms with Gasteiger partial charge in [0.25, 0.3) is 0 Å². The summed E-state index contributed by atoms with van der Waals surface area (Å²) in [7, 11) is 0. The van der Waals surface area contributed by atoms with Gasteiger partial charge in [0.15, 0.2) is 0 Å². The van der Waals surface area contributed by atoms with Crippen molar-refractivity contribution in [1.82, 2.24) is 10.3 Å². The number of thiazole rings is 1. The first-order chi connectivity index (χ1) is 6.73. The standard InChI is InChI=1S/C11H18N2S/c1-9(2)11(3-4-11)7-12-5-10-6-14-8-13-10/h6,8-9,12H,3-5,7H2,1-2H3. The largest absolute Gasteiger partial charge is 0.311 e. The van der Waals surface area contributed by atoms with E-state index in [1.54, 1.807) is 11.3 Å². The Morgan fingerprint density at radius 3 is 2.86 bits per heavy atom. The summed E-state index contributed by atoms with van der Waals surface area (Å²) >= 11 is 1.67. The molecule has 1 aliphatic carbocycles. The summed E-state index contributed by atoms with van der Waals surface area (Å²) < 4.78 is 0. The van der Waals surface area contributed by atoms with Gasteiger partial charge in [0, 0.05) is 18.5 Å². The number of nitrogens with zero attached hydrogens (tertiary/aromatic N) is 1. The lowest BCUT2D eigenvalue weighted by Crippen LogP contribution is -2.27. The predicted octanol–water partition coefficient (Wildman–Crippen LogP) is 2.67. The average molecular weight is 210 g/mol. The van der Waals surface area contributed by atoms with E-state index in [1.165, 1.54) is 18.5 Å². The second kappa shape index (κ2) is 3.99. The van der Waals surface area contributed by atoms with Gasteiger partial charge in [-0.2, -0.15) is 0 Å². The average Bonchev–Trinajstić information content (AvgIpc) is 2.76. The molecule has 14 heavy (non-hydrogen) atoms. The predicted molar refractivity (Wildman–Crippen MR) is 60.3 cm³/mol. The Morgan fingerprint density at radius 1 is 1.57 bits per heavy atom. The maximum absolute atomic E-state index is 4.26. The monoisotopic (exact) mass is 210 g/mol. The van der Waals surface area contributed by atoms with Gasteiger partial charge in [-0.05, 0) is 24.2 Å². The summed E-state index contributed by atoms with van der Waals surface area (Å²) in [4.78, 5) is 4.26. The molecule has 1 saturated carbocycles. The Kier molecular flexibility index (Phi) is 2.88. The Hall–Kier alpha value is -0.410. The molecule has 0 radical (unpaired) electrons. The fraction of sp³-hybridized carbons (Fsp3) is 0.727. The summed E-state index contributed by atoms with van der Waals surface area (Å²) in [6.45, 7) is 6.75. The van der Waals surface area contributed by atoms with Gasteiger partial charge in [0.2, 0.25) is 0 Å². The van der Waals surface area contributed by atoms with Crippen LogP contribution in [0, 0.1) is 11.3 Å². The molecule has 0 atom stereocenters. The van der Waals surface area contributed by atoms with Crippen LogP contribution in [0.15, 0.2) is 10.9 Å². The molecule has 1 heterocycles. The fourth-order valence-electron chi connectivity index (χ4n) is 1.88. The molecule has 0 unspecified atom stereocenters. The molecular formula is C11H18N2S. The number of aromatic nitrogens is 1. The van der Waals surface area contributed by atoms with Gasteiger partial charge >= 0.3 is 0 Å². The lowest BCUT2D eigenvalue weighted by molar-refractivity contribution is 0.337. The van der Waals surface area contributed by atoms with E-state index in [1.807, 2.05) is 5.51 Å². The highest BCUT2D eigenvalue weighted by Gasteiger charge is 2.44. The number of hydrogen-bond acceptors (Lipinski definition) is 3. The SMILES string of the molecule is CC(C)C1(CNCc2cscn2)CC1. The summed E-state index contributed by atoms with van der Waals surface area (Å²) in [5.74, 6) is 0.811. The molecule has 2 nitrogen and oxygen atoms in total. The fourth-order valence-corrected chi connectivity index (χ4v) is 2.44. The number of nitrogens with one attached hydrogen (secondary N) is 1. The van der Waals surface area contributed by atoms with Crippen LogP contribution < -0.4 is 5.32 Å². The van der Waals surface area contributed by atoms with Crippen LogP contribution in [0.2, 0.25) is 0 Å². The molecule has 0 saturated heterocycles. The van der Waals surface area contributed by atoms with Crippen molar-refractivity contribution >= 4 is 11.3 Å². The van der Waals surface area contributed by atoms with Crippen molar-refractivity contribution in [2.45, 2.75) is 33.2 Å². The van der Waals surface area contributed by atoms with Crippen LogP contribution >= 0.6 is 11.3 Å². The van der Waals surface area contributed by atoms with E-state index in [2.05, 4.69) is 29.5 Å². The zero-order chi connectivity index (χ0) is 10.0. The van der Waals surface area contributed by atoms with E-state index in [0.717, 1.165) is 19.0 Å². The molecule has 2 rings (SSSR count). The minimum Gasteiger partial charge on any atom is -0.311 e. The normalized spacial score (nSPS) is 18.8. The highest BCUT2D eigenvalue weighted by molar-refractivity contribution is 7.07. The quantitative estimate of drug-likeness (QED) is 0.808. The van der Waals surface area contributed by atoms with Gasteiger partial charge < -0.3 is 5.32 Å². The van der Waals surface area contributed by atoms with Gasteiger partial charge in [0.05, 0.1) is 11.2 Å². The molecule has 0 bridgehead atoms. The molecule has 3 heteroatoms. The third-order valence-corrected chi connectivity index (χ3v) is 4.02. The van der Waals surface area contributed by atoms with E-state index in [4.69, 9.17) is 0 Å². The Labute approximate surface area is 89.8 Å². The van der Waals surface area contributed by atoms with Crippen molar-refractivity contribution < 1.29 is 0 Å². The zero-order valence-electron chi connectivity index (χ0n) is 8.92. The van der Waals surface area contributed by atoms with E-state index in [9.17, 15) is 0 Å². The Bertz CT molecular complexity index is 275. The van der Waals surface area contributed by atoms with Gasteiger partial charge in [-0.25, -0.2) is 4.98 Å². The van der Waals surface area contributed by atoms with Crippen molar-refractivity contribution in [2.75, 3.05) is 6.54 Å². The van der Waals surface area contributed by atoms with Crippen LogP contribution in [0.1, 0.15) is 32.4 Å². The molecule has 1 aromatic rings. The van der Waals surface area contributed by atoms with Crippen LogP contribution in [0.3, 0.4) is 0 Å². The number of rotatable bonds is 5. The summed E-state index contributed by atoms with van der Waals surface area (Å²) in [5.41, 5.74) is 3.68. The van der Waals surface area contributed by atoms with E-state index in [0.29, 0.717) is 5.41 Å². The highest BCUT2D eigenvalue weighted by Crippen LogP contribution is 2.51. The summed E-state index contributed by atoms with van der Waals surface area (Å²) in [5, 5.41) is 5.63. The molecule has 1 fully saturated rings. The van der Waals surface area contributed by atoms with E-state index >= 15 is 0 Å². The number of hydrogen-bond donors (Lipinski definition) is 1. The maximum atomic E-state index is 4.26. The molecule has 0 amide bonds. The minimum absolute atomic E-state index is 0.607. The van der Waals surface area contributed by atoms with Crippen LogP contribution in [0.25, 0.3) is 0 Å². The molecule has 0 spiro atoms. The van der Waals surface area contributed by atoms with Crippen molar-refractivity contribution in [1.29, 1.82) is 0 Å². The molecule has 1 N–H and O–H groups in total. The maximum Gasteiger partial charge on any atom is 0.0795 e. The van der Waals surface area contributed by atoms with Crippen LogP contribution in [0.4, 0.5) is 0 Å². The molecule has 0 aromatic carbocycles.